The van der Waals surface area contributed by atoms with Gasteiger partial charge in [-0.1, -0.05) is 25.3 Å². The largest absolute Gasteiger partial charge is 0.390 e. The molecule has 0 bridgehead atoms. The second-order valence-corrected chi connectivity index (χ2v) is 10.2. The highest BCUT2D eigenvalue weighted by Crippen LogP contribution is 2.70. The summed E-state index contributed by atoms with van der Waals surface area (Å²) in [5.74, 6) is 0.0903. The van der Waals surface area contributed by atoms with Gasteiger partial charge in [-0.15, -0.1) is 0 Å². The number of fused-ring (bicyclic) bond motifs is 5. The number of hydrogen-bond acceptors (Lipinski definition) is 2. The zero-order chi connectivity index (χ0) is 20.5. The van der Waals surface area contributed by atoms with Gasteiger partial charge in [-0.2, -0.15) is 11.4 Å². The monoisotopic (exact) mass is 413 g/mol. The van der Waals surface area contributed by atoms with Crippen LogP contribution >= 0.6 is 11.4 Å². The summed E-state index contributed by atoms with van der Waals surface area (Å²) in [6.45, 7) is 5.69. The summed E-state index contributed by atoms with van der Waals surface area (Å²) in [6, 6.07) is -0.479. The minimum absolute atomic E-state index is 0.0306. The van der Waals surface area contributed by atoms with Gasteiger partial charge in [-0.25, -0.2) is 13.2 Å². The van der Waals surface area contributed by atoms with Gasteiger partial charge in [0.25, 0.3) is 0 Å². The summed E-state index contributed by atoms with van der Waals surface area (Å²) < 4.78 is 44.9. The van der Waals surface area contributed by atoms with Crippen molar-refractivity contribution in [1.29, 1.82) is 0 Å². The van der Waals surface area contributed by atoms with E-state index < -0.39 is 40.7 Å². The summed E-state index contributed by atoms with van der Waals surface area (Å²) >= 11 is 0.565. The molecule has 0 unspecified atom stereocenters. The summed E-state index contributed by atoms with van der Waals surface area (Å²) in [4.78, 5) is 11.8. The Bertz CT molecular complexity index is 780. The van der Waals surface area contributed by atoms with Gasteiger partial charge in [0, 0.05) is 17.3 Å². The van der Waals surface area contributed by atoms with Crippen LogP contribution in [-0.2, 0) is 4.79 Å². The summed E-state index contributed by atoms with van der Waals surface area (Å²) in [5.41, 5.74) is -3.68. The predicted molar refractivity (Wildman–Crippen MR) is 107 cm³/mol. The third-order valence-corrected chi connectivity index (χ3v) is 8.71. The standard InChI is InChI=1S/C22H28F3O2S/c1-12-6-14-15-8-18(24)16-7-13(26)4-5-21(16,3)22(15,25)19(27)9-20(14,2)17(12)10-28-11-23/h4-5,7,10,12,14-15,18-19,27-28H,6,8-9,11H2,1-3H3/t12-,14+,15+,18+,19+,20-,21+,22+/m1/s1. The van der Waals surface area contributed by atoms with Gasteiger partial charge in [-0.05, 0) is 61.2 Å². The Morgan fingerprint density at radius 3 is 2.71 bits per heavy atom. The van der Waals surface area contributed by atoms with E-state index in [0.29, 0.717) is 17.8 Å². The zero-order valence-electron chi connectivity index (χ0n) is 16.5. The van der Waals surface area contributed by atoms with Gasteiger partial charge in [0.1, 0.15) is 12.2 Å². The molecule has 0 aromatic rings. The number of aliphatic hydroxyl groups is 1. The molecule has 1 N–H and O–H groups in total. The number of carbonyl (C=O) groups is 1. The van der Waals surface area contributed by atoms with Crippen molar-refractivity contribution in [2.45, 2.75) is 58.0 Å². The van der Waals surface area contributed by atoms with Gasteiger partial charge >= 0.3 is 0 Å². The Kier molecular flexibility index (Phi) is 4.78. The van der Waals surface area contributed by atoms with Gasteiger partial charge in [0.05, 0.1) is 6.10 Å². The molecule has 3 saturated carbocycles. The molecule has 0 aromatic carbocycles. The maximum atomic E-state index is 16.8. The van der Waals surface area contributed by atoms with Crippen LogP contribution < -0.4 is 0 Å². The summed E-state index contributed by atoms with van der Waals surface area (Å²) in [7, 11) is 0. The van der Waals surface area contributed by atoms with Crippen molar-refractivity contribution in [3.8, 4) is 0 Å². The van der Waals surface area contributed by atoms with Crippen molar-refractivity contribution in [3.63, 3.8) is 0 Å². The third kappa shape index (κ3) is 2.46. The molecule has 155 valence electrons. The number of allylic oxidation sites excluding steroid dienone is 4. The lowest BCUT2D eigenvalue weighted by atomic mass is 9.45. The first-order chi connectivity index (χ1) is 13.1. The van der Waals surface area contributed by atoms with Crippen LogP contribution in [0.3, 0.4) is 0 Å². The normalized spacial score (nSPS) is 51.3. The quantitative estimate of drug-likeness (QED) is 0.523. The molecule has 2 nitrogen and oxygen atoms in total. The van der Waals surface area contributed by atoms with Crippen LogP contribution in [0.1, 0.15) is 40.0 Å². The van der Waals surface area contributed by atoms with E-state index in [0.717, 1.165) is 5.92 Å². The van der Waals surface area contributed by atoms with Crippen molar-refractivity contribution in [2.24, 2.45) is 28.6 Å². The lowest BCUT2D eigenvalue weighted by molar-refractivity contribution is -0.192. The van der Waals surface area contributed by atoms with Crippen LogP contribution in [0.5, 0.6) is 0 Å². The fourth-order valence-electron chi connectivity index (χ4n) is 6.80. The number of aliphatic hydroxyl groups excluding tert-OH is 1. The Balaban J connectivity index is 1.81. The van der Waals surface area contributed by atoms with Crippen molar-refractivity contribution in [3.05, 3.63) is 29.7 Å². The summed E-state index contributed by atoms with van der Waals surface area (Å²) in [5, 5.41) is 13.0. The molecule has 0 spiro atoms. The van der Waals surface area contributed by atoms with E-state index in [2.05, 4.69) is 6.92 Å². The van der Waals surface area contributed by atoms with E-state index in [1.807, 2.05) is 12.3 Å². The molecule has 4 rings (SSSR count). The average Bonchev–Trinajstić information content (AvgIpc) is 2.88. The first-order valence-electron chi connectivity index (χ1n) is 9.99. The van der Waals surface area contributed by atoms with Crippen molar-refractivity contribution in [2.75, 3.05) is 6.01 Å². The van der Waals surface area contributed by atoms with Crippen LogP contribution in [0.4, 0.5) is 13.2 Å². The lowest BCUT2D eigenvalue weighted by Gasteiger charge is -2.62. The molecule has 6 heteroatoms. The van der Waals surface area contributed by atoms with Gasteiger partial charge < -0.3 is 5.11 Å². The molecule has 4 aliphatic carbocycles. The van der Waals surface area contributed by atoms with Gasteiger partial charge in [-0.3, -0.25) is 4.79 Å². The second kappa shape index (κ2) is 6.56. The number of hydrogen-bond donors (Lipinski definition) is 2. The summed E-state index contributed by atoms with van der Waals surface area (Å²) in [6.07, 6.45) is 2.18. The first kappa shape index (κ1) is 20.4. The van der Waals surface area contributed by atoms with E-state index >= 15 is 8.78 Å². The fourth-order valence-corrected chi connectivity index (χ4v) is 7.61. The lowest BCUT2D eigenvalue weighted by Crippen LogP contribution is -2.68. The van der Waals surface area contributed by atoms with Crippen LogP contribution in [0.2, 0.25) is 0 Å². The number of rotatable bonds is 2. The predicted octanol–water partition coefficient (Wildman–Crippen LogP) is 4.32. The number of ketones is 1. The SMILES string of the molecule is C[C@@H]1C[C@H]2[C@@H]3C[C@H](F)C4=CC(=O)C=C[C@]4(C)[C@@]3(F)[C@@H](O)C[C@@]2(C)[C]1C=[SH]CF. The van der Waals surface area contributed by atoms with Crippen molar-refractivity contribution >= 4 is 22.5 Å². The van der Waals surface area contributed by atoms with Crippen LogP contribution in [-0.4, -0.2) is 40.2 Å². The molecule has 0 aliphatic heterocycles. The smallest absolute Gasteiger partial charge is 0.178 e. The van der Waals surface area contributed by atoms with Crippen LogP contribution in [0.25, 0.3) is 0 Å². The van der Waals surface area contributed by atoms with Crippen LogP contribution in [0, 0.1) is 34.5 Å². The second-order valence-electron chi connectivity index (χ2n) is 9.38. The number of carbonyl (C=O) groups excluding carboxylic acids is 1. The average molecular weight is 414 g/mol. The molecular weight excluding hydrogens is 385 g/mol. The molecule has 28 heavy (non-hydrogen) atoms. The fraction of sp³-hybridized carbons (Fsp3) is 0.682. The molecule has 0 saturated heterocycles. The molecule has 3 fully saturated rings. The molecule has 0 amide bonds. The Labute approximate surface area is 168 Å². The Morgan fingerprint density at radius 2 is 2.04 bits per heavy atom. The van der Waals surface area contributed by atoms with Gasteiger partial charge in [0.2, 0.25) is 0 Å². The van der Waals surface area contributed by atoms with E-state index in [1.54, 1.807) is 6.92 Å². The van der Waals surface area contributed by atoms with Crippen molar-refractivity contribution in [1.82, 2.24) is 0 Å². The highest BCUT2D eigenvalue weighted by atomic mass is 32.1. The molecule has 1 radical (unpaired) electrons. The molecule has 0 heterocycles. The Hall–Kier alpha value is -0.880. The molecule has 0 aromatic heterocycles. The first-order valence-corrected chi connectivity index (χ1v) is 11.1. The number of halogens is 3. The molecule has 8 atom stereocenters. The van der Waals surface area contributed by atoms with Crippen LogP contribution in [0.15, 0.2) is 23.8 Å². The van der Waals surface area contributed by atoms with Crippen molar-refractivity contribution < 1.29 is 23.1 Å². The Morgan fingerprint density at radius 1 is 1.32 bits per heavy atom. The number of thiol groups is 1. The maximum Gasteiger partial charge on any atom is 0.178 e. The zero-order valence-corrected chi connectivity index (χ0v) is 17.4. The highest BCUT2D eigenvalue weighted by Gasteiger charge is 2.72. The number of alkyl halides is 3. The van der Waals surface area contributed by atoms with E-state index in [1.165, 1.54) is 18.2 Å². The topological polar surface area (TPSA) is 37.3 Å². The van der Waals surface area contributed by atoms with E-state index in [-0.39, 0.29) is 36.0 Å². The minimum atomic E-state index is -2.03. The third-order valence-electron chi connectivity index (χ3n) is 8.12. The van der Waals surface area contributed by atoms with E-state index in [4.69, 9.17) is 0 Å². The van der Waals surface area contributed by atoms with E-state index in [9.17, 15) is 14.3 Å². The maximum absolute atomic E-state index is 16.8. The van der Waals surface area contributed by atoms with Gasteiger partial charge in [0.15, 0.2) is 11.5 Å². The highest BCUT2D eigenvalue weighted by molar-refractivity contribution is 7.97. The molecular formula is C22H28F3O2S. The minimum Gasteiger partial charge on any atom is -0.390 e. The molecule has 4 aliphatic rings.